The molecule has 0 saturated heterocycles. The lowest BCUT2D eigenvalue weighted by atomic mass is 9.89. The van der Waals surface area contributed by atoms with Crippen molar-refractivity contribution >= 4 is 31.6 Å². The van der Waals surface area contributed by atoms with E-state index in [1.807, 2.05) is 12.1 Å². The summed E-state index contributed by atoms with van der Waals surface area (Å²) in [6.07, 6.45) is 9.36. The van der Waals surface area contributed by atoms with Gasteiger partial charge in [-0.2, -0.15) is 8.61 Å². The number of halogens is 1. The molecule has 2 aromatic carbocycles. The molecule has 0 heterocycles. The molecule has 1 N–H and O–H groups in total. The molecule has 0 bridgehead atoms. The third kappa shape index (κ3) is 7.17. The van der Waals surface area contributed by atoms with Crippen molar-refractivity contribution in [2.45, 2.75) is 86.6 Å². The van der Waals surface area contributed by atoms with Crippen LogP contribution in [0.15, 0.2) is 58.3 Å². The zero-order valence-electron chi connectivity index (χ0n) is 21.8. The second-order valence-corrected chi connectivity index (χ2v) is 14.8. The molecule has 0 radical (unpaired) electrons. The first-order valence-corrected chi connectivity index (χ1v) is 16.9. The standard InChI is InChI=1S/C28H39ClN2O5S2/c29-25-13-11-24(12-14-25)22-31(26-9-4-5-10-26)38(35,36)28-17-15-27(16-18-28)37(33,34)30(19-6-20-32)21-23-7-2-1-3-8-23/h11-18,23,26,32H,1-10,19-22H2. The monoisotopic (exact) mass is 582 g/mol. The minimum absolute atomic E-state index is 0.0790. The van der Waals surface area contributed by atoms with Gasteiger partial charge in [0.1, 0.15) is 0 Å². The Bertz CT molecular complexity index is 1240. The first-order valence-electron chi connectivity index (χ1n) is 13.7. The fourth-order valence-corrected chi connectivity index (χ4v) is 9.01. The van der Waals surface area contributed by atoms with Crippen LogP contribution in [0.2, 0.25) is 5.02 Å². The van der Waals surface area contributed by atoms with Crippen LogP contribution in [0.3, 0.4) is 0 Å². The minimum atomic E-state index is -3.85. The van der Waals surface area contributed by atoms with Crippen LogP contribution in [0, 0.1) is 5.92 Å². The highest BCUT2D eigenvalue weighted by Crippen LogP contribution is 2.32. The lowest BCUT2D eigenvalue weighted by Gasteiger charge is -2.29. The number of hydrogen-bond acceptors (Lipinski definition) is 5. The van der Waals surface area contributed by atoms with Gasteiger partial charge in [-0.05, 0) is 80.0 Å². The first-order chi connectivity index (χ1) is 18.2. The molecular formula is C28H39ClN2O5S2. The molecule has 0 spiro atoms. The topological polar surface area (TPSA) is 95.0 Å². The third-order valence-corrected chi connectivity index (χ3v) is 11.8. The van der Waals surface area contributed by atoms with Gasteiger partial charge in [-0.25, -0.2) is 16.8 Å². The zero-order valence-corrected chi connectivity index (χ0v) is 24.2. The van der Waals surface area contributed by atoms with Gasteiger partial charge in [-0.3, -0.25) is 0 Å². The molecule has 0 unspecified atom stereocenters. The fraction of sp³-hybridized carbons (Fsp3) is 0.571. The summed E-state index contributed by atoms with van der Waals surface area (Å²) in [6.45, 7) is 0.823. The molecule has 0 aliphatic heterocycles. The molecule has 4 rings (SSSR count). The van der Waals surface area contributed by atoms with Crippen LogP contribution in [0.5, 0.6) is 0 Å². The van der Waals surface area contributed by atoms with E-state index in [1.165, 1.54) is 35.0 Å². The molecule has 38 heavy (non-hydrogen) atoms. The average Bonchev–Trinajstić information content (AvgIpc) is 3.45. The van der Waals surface area contributed by atoms with Crippen molar-refractivity contribution in [3.05, 3.63) is 59.1 Å². The summed E-state index contributed by atoms with van der Waals surface area (Å²) in [6, 6.07) is 12.7. The van der Waals surface area contributed by atoms with Crippen molar-refractivity contribution in [3.8, 4) is 0 Å². The van der Waals surface area contributed by atoms with Gasteiger partial charge in [-0.15, -0.1) is 0 Å². The smallest absolute Gasteiger partial charge is 0.243 e. The van der Waals surface area contributed by atoms with Crippen LogP contribution >= 0.6 is 11.6 Å². The summed E-state index contributed by atoms with van der Waals surface area (Å²) in [5, 5.41) is 9.94. The summed E-state index contributed by atoms with van der Waals surface area (Å²) in [4.78, 5) is 0.168. The molecule has 0 atom stereocenters. The van der Waals surface area contributed by atoms with Crippen LogP contribution in [0.25, 0.3) is 0 Å². The molecule has 2 aliphatic rings. The van der Waals surface area contributed by atoms with E-state index in [2.05, 4.69) is 0 Å². The molecule has 2 saturated carbocycles. The van der Waals surface area contributed by atoms with Crippen LogP contribution in [0.1, 0.15) is 69.8 Å². The number of nitrogens with zero attached hydrogens (tertiary/aromatic N) is 2. The van der Waals surface area contributed by atoms with Crippen LogP contribution in [-0.4, -0.2) is 56.3 Å². The quantitative estimate of drug-likeness (QED) is 0.360. The molecule has 2 fully saturated rings. The maximum absolute atomic E-state index is 13.8. The summed E-state index contributed by atoms with van der Waals surface area (Å²) in [5.74, 6) is 0.310. The van der Waals surface area contributed by atoms with E-state index in [1.54, 1.807) is 16.4 Å². The fourth-order valence-electron chi connectivity index (χ4n) is 5.65. The van der Waals surface area contributed by atoms with E-state index < -0.39 is 20.0 Å². The van der Waals surface area contributed by atoms with E-state index in [9.17, 15) is 21.9 Å². The predicted octanol–water partition coefficient (Wildman–Crippen LogP) is 5.43. The number of rotatable bonds is 12. The van der Waals surface area contributed by atoms with Crippen molar-refractivity contribution in [2.24, 2.45) is 5.92 Å². The molecule has 210 valence electrons. The summed E-state index contributed by atoms with van der Waals surface area (Å²) < 4.78 is 57.7. The summed E-state index contributed by atoms with van der Waals surface area (Å²) in [7, 11) is -7.68. The van der Waals surface area contributed by atoms with E-state index in [-0.39, 0.29) is 35.5 Å². The number of aliphatic hydroxyl groups excluding tert-OH is 1. The Labute approximate surface area is 232 Å². The minimum Gasteiger partial charge on any atom is -0.396 e. The Hall–Kier alpha value is -1.49. The molecule has 10 heteroatoms. The van der Waals surface area contributed by atoms with E-state index in [4.69, 9.17) is 11.6 Å². The molecule has 0 aromatic heterocycles. The molecule has 7 nitrogen and oxygen atoms in total. The van der Waals surface area contributed by atoms with Gasteiger partial charge < -0.3 is 5.11 Å². The molecule has 0 amide bonds. The van der Waals surface area contributed by atoms with Crippen molar-refractivity contribution in [1.29, 1.82) is 0 Å². The molecule has 2 aliphatic carbocycles. The normalized spacial score (nSPS) is 18.0. The maximum atomic E-state index is 13.8. The average molecular weight is 583 g/mol. The van der Waals surface area contributed by atoms with Crippen molar-refractivity contribution in [2.75, 3.05) is 19.7 Å². The van der Waals surface area contributed by atoms with Crippen molar-refractivity contribution in [3.63, 3.8) is 0 Å². The van der Waals surface area contributed by atoms with Crippen LogP contribution < -0.4 is 0 Å². The Morgan fingerprint density at radius 2 is 1.32 bits per heavy atom. The van der Waals surface area contributed by atoms with Gasteiger partial charge in [0.2, 0.25) is 20.0 Å². The van der Waals surface area contributed by atoms with Crippen LogP contribution in [0.4, 0.5) is 0 Å². The lowest BCUT2D eigenvalue weighted by Crippen LogP contribution is -2.38. The van der Waals surface area contributed by atoms with E-state index in [0.29, 0.717) is 23.9 Å². The Morgan fingerprint density at radius 1 is 0.763 bits per heavy atom. The highest BCUT2D eigenvalue weighted by atomic mass is 35.5. The van der Waals surface area contributed by atoms with E-state index >= 15 is 0 Å². The second-order valence-electron chi connectivity index (χ2n) is 10.5. The van der Waals surface area contributed by atoms with Crippen molar-refractivity contribution in [1.82, 2.24) is 8.61 Å². The third-order valence-electron chi connectivity index (χ3n) is 7.80. The SMILES string of the molecule is O=S(=O)(c1ccc(S(=O)(=O)N(Cc2ccc(Cl)cc2)C2CCCC2)cc1)N(CCCO)CC1CCCCC1. The highest BCUT2D eigenvalue weighted by molar-refractivity contribution is 7.89. The number of benzene rings is 2. The number of sulfonamides is 2. The second kappa shape index (κ2) is 13.2. The first kappa shape index (κ1) is 29.5. The van der Waals surface area contributed by atoms with Crippen molar-refractivity contribution < 1.29 is 21.9 Å². The molecule has 2 aromatic rings. The van der Waals surface area contributed by atoms with Gasteiger partial charge >= 0.3 is 0 Å². The van der Waals surface area contributed by atoms with Gasteiger partial charge in [0.15, 0.2) is 0 Å². The maximum Gasteiger partial charge on any atom is 0.243 e. The van der Waals surface area contributed by atoms with Gasteiger partial charge in [0, 0.05) is 37.3 Å². The highest BCUT2D eigenvalue weighted by Gasteiger charge is 2.34. The Morgan fingerprint density at radius 3 is 1.89 bits per heavy atom. The number of aliphatic hydroxyl groups is 1. The largest absolute Gasteiger partial charge is 0.396 e. The van der Waals surface area contributed by atoms with Gasteiger partial charge in [0.25, 0.3) is 0 Å². The van der Waals surface area contributed by atoms with E-state index in [0.717, 1.165) is 56.9 Å². The summed E-state index contributed by atoms with van der Waals surface area (Å²) >= 11 is 6.02. The van der Waals surface area contributed by atoms with Gasteiger partial charge in [-0.1, -0.05) is 55.8 Å². The lowest BCUT2D eigenvalue weighted by molar-refractivity contribution is 0.243. The number of hydrogen-bond donors (Lipinski definition) is 1. The Kier molecular flexibility index (Phi) is 10.3. The predicted molar refractivity (Wildman–Crippen MR) is 150 cm³/mol. The van der Waals surface area contributed by atoms with Gasteiger partial charge in [0.05, 0.1) is 9.79 Å². The summed E-state index contributed by atoms with van der Waals surface area (Å²) in [5.41, 5.74) is 0.853. The zero-order chi connectivity index (χ0) is 27.2. The Balaban J connectivity index is 1.57. The molecular weight excluding hydrogens is 544 g/mol. The van der Waals surface area contributed by atoms with Crippen LogP contribution in [-0.2, 0) is 26.6 Å².